The van der Waals surface area contributed by atoms with Crippen molar-refractivity contribution in [2.45, 2.75) is 6.92 Å². The number of hydrogen-bond acceptors (Lipinski definition) is 3. The SMILES string of the molecule is CCON(C(=O)NN(C)C)c1ccccc1. The van der Waals surface area contributed by atoms with Gasteiger partial charge in [-0.15, -0.1) is 0 Å². The first-order valence-corrected chi connectivity index (χ1v) is 5.11. The Morgan fingerprint density at radius 1 is 1.31 bits per heavy atom. The summed E-state index contributed by atoms with van der Waals surface area (Å²) >= 11 is 0. The van der Waals surface area contributed by atoms with Crippen LogP contribution in [0.3, 0.4) is 0 Å². The molecule has 0 radical (unpaired) electrons. The van der Waals surface area contributed by atoms with Gasteiger partial charge in [-0.3, -0.25) is 10.3 Å². The average molecular weight is 223 g/mol. The first-order valence-electron chi connectivity index (χ1n) is 5.11. The van der Waals surface area contributed by atoms with Gasteiger partial charge in [-0.05, 0) is 19.1 Å². The van der Waals surface area contributed by atoms with Crippen molar-refractivity contribution in [3.63, 3.8) is 0 Å². The summed E-state index contributed by atoms with van der Waals surface area (Å²) in [5.74, 6) is 0. The number of rotatable bonds is 4. The molecule has 0 fully saturated rings. The Balaban J connectivity index is 2.79. The van der Waals surface area contributed by atoms with Crippen LogP contribution in [-0.2, 0) is 4.84 Å². The Labute approximate surface area is 95.5 Å². The third-order valence-corrected chi connectivity index (χ3v) is 1.75. The van der Waals surface area contributed by atoms with Gasteiger partial charge in [-0.2, -0.15) is 5.06 Å². The number of nitrogens with zero attached hydrogens (tertiary/aromatic N) is 2. The Hall–Kier alpha value is -1.59. The molecule has 1 rings (SSSR count). The highest BCUT2D eigenvalue weighted by Gasteiger charge is 2.16. The van der Waals surface area contributed by atoms with E-state index in [2.05, 4.69) is 5.43 Å². The molecule has 1 aromatic carbocycles. The maximum Gasteiger partial charge on any atom is 0.360 e. The lowest BCUT2D eigenvalue weighted by molar-refractivity contribution is 0.117. The molecule has 0 spiro atoms. The summed E-state index contributed by atoms with van der Waals surface area (Å²) in [5, 5.41) is 2.80. The molecule has 1 aromatic rings. The highest BCUT2D eigenvalue weighted by molar-refractivity contribution is 5.89. The molecule has 0 saturated carbocycles. The van der Waals surface area contributed by atoms with Gasteiger partial charge in [0.05, 0.1) is 12.3 Å². The summed E-state index contributed by atoms with van der Waals surface area (Å²) in [7, 11) is 3.49. The first kappa shape index (κ1) is 12.5. The van der Waals surface area contributed by atoms with Crippen molar-refractivity contribution in [3.05, 3.63) is 30.3 Å². The van der Waals surface area contributed by atoms with Crippen molar-refractivity contribution < 1.29 is 9.63 Å². The zero-order valence-corrected chi connectivity index (χ0v) is 9.80. The fourth-order valence-corrected chi connectivity index (χ4v) is 1.18. The van der Waals surface area contributed by atoms with Crippen LogP contribution < -0.4 is 10.5 Å². The molecule has 2 amide bonds. The van der Waals surface area contributed by atoms with Crippen LogP contribution in [0.1, 0.15) is 6.92 Å². The standard InChI is InChI=1S/C11H17N3O2/c1-4-16-14(11(15)12-13(2)3)10-8-6-5-7-9-10/h5-9H,4H2,1-3H3,(H,12,15). The van der Waals surface area contributed by atoms with Crippen LogP contribution in [0.5, 0.6) is 0 Å². The predicted molar refractivity (Wildman–Crippen MR) is 62.8 cm³/mol. The second kappa shape index (κ2) is 6.09. The van der Waals surface area contributed by atoms with E-state index in [0.717, 1.165) is 0 Å². The van der Waals surface area contributed by atoms with Crippen LogP contribution in [-0.4, -0.2) is 31.7 Å². The molecule has 0 atom stereocenters. The highest BCUT2D eigenvalue weighted by Crippen LogP contribution is 2.13. The molecule has 16 heavy (non-hydrogen) atoms. The molecule has 5 heteroatoms. The van der Waals surface area contributed by atoms with Gasteiger partial charge in [0, 0.05) is 14.1 Å². The fraction of sp³-hybridized carbons (Fsp3) is 0.364. The lowest BCUT2D eigenvalue weighted by Crippen LogP contribution is -2.46. The van der Waals surface area contributed by atoms with E-state index in [1.165, 1.54) is 5.06 Å². The maximum atomic E-state index is 11.8. The van der Waals surface area contributed by atoms with Crippen molar-refractivity contribution >= 4 is 11.7 Å². The predicted octanol–water partition coefficient (Wildman–Crippen LogP) is 1.63. The molecule has 0 aliphatic heterocycles. The van der Waals surface area contributed by atoms with Gasteiger partial charge >= 0.3 is 6.03 Å². The smallest absolute Gasteiger partial charge is 0.269 e. The molecule has 0 aromatic heterocycles. The zero-order valence-electron chi connectivity index (χ0n) is 9.80. The van der Waals surface area contributed by atoms with E-state index < -0.39 is 0 Å². The number of hydrazine groups is 1. The Bertz CT molecular complexity index is 327. The number of anilines is 1. The van der Waals surface area contributed by atoms with Crippen LogP contribution >= 0.6 is 0 Å². The summed E-state index contributed by atoms with van der Waals surface area (Å²) in [6.07, 6.45) is 0. The summed E-state index contributed by atoms with van der Waals surface area (Å²) in [5.41, 5.74) is 3.32. The maximum absolute atomic E-state index is 11.8. The Morgan fingerprint density at radius 3 is 2.44 bits per heavy atom. The number of nitrogens with one attached hydrogen (secondary N) is 1. The number of hydrogen-bond donors (Lipinski definition) is 1. The molecule has 1 N–H and O–H groups in total. The quantitative estimate of drug-likeness (QED) is 0.789. The highest BCUT2D eigenvalue weighted by atomic mass is 16.7. The molecular weight excluding hydrogens is 206 g/mol. The number of urea groups is 1. The largest absolute Gasteiger partial charge is 0.360 e. The zero-order chi connectivity index (χ0) is 12.0. The third-order valence-electron chi connectivity index (χ3n) is 1.75. The minimum absolute atomic E-state index is 0.321. The third kappa shape index (κ3) is 3.52. The second-order valence-corrected chi connectivity index (χ2v) is 3.36. The van der Waals surface area contributed by atoms with Crippen molar-refractivity contribution in [3.8, 4) is 0 Å². The summed E-state index contributed by atoms with van der Waals surface area (Å²) in [6, 6.07) is 8.89. The summed E-state index contributed by atoms with van der Waals surface area (Å²) in [4.78, 5) is 17.1. The van der Waals surface area contributed by atoms with Gasteiger partial charge in [0.15, 0.2) is 0 Å². The average Bonchev–Trinajstić information content (AvgIpc) is 2.26. The minimum Gasteiger partial charge on any atom is -0.269 e. The number of carbonyl (C=O) groups is 1. The van der Waals surface area contributed by atoms with Crippen LogP contribution in [0.4, 0.5) is 10.5 Å². The van der Waals surface area contributed by atoms with Gasteiger partial charge in [-0.1, -0.05) is 18.2 Å². The van der Waals surface area contributed by atoms with Crippen molar-refractivity contribution in [1.82, 2.24) is 10.4 Å². The van der Waals surface area contributed by atoms with Crippen LogP contribution in [0.2, 0.25) is 0 Å². The van der Waals surface area contributed by atoms with E-state index in [1.807, 2.05) is 37.3 Å². The molecule has 5 nitrogen and oxygen atoms in total. The van der Waals surface area contributed by atoms with E-state index in [-0.39, 0.29) is 6.03 Å². The van der Waals surface area contributed by atoms with Gasteiger partial charge in [0.1, 0.15) is 0 Å². The second-order valence-electron chi connectivity index (χ2n) is 3.36. The Morgan fingerprint density at radius 2 is 1.94 bits per heavy atom. The number of hydroxylamine groups is 1. The van der Waals surface area contributed by atoms with Gasteiger partial charge in [0.2, 0.25) is 0 Å². The molecule has 0 aliphatic rings. The molecule has 0 bridgehead atoms. The number of carbonyl (C=O) groups excluding carboxylic acids is 1. The molecule has 0 aliphatic carbocycles. The number of amides is 2. The fourth-order valence-electron chi connectivity index (χ4n) is 1.18. The van der Waals surface area contributed by atoms with E-state index in [1.54, 1.807) is 19.1 Å². The Kier molecular flexibility index (Phi) is 4.75. The van der Waals surface area contributed by atoms with E-state index in [0.29, 0.717) is 12.3 Å². The van der Waals surface area contributed by atoms with Gasteiger partial charge < -0.3 is 0 Å². The molecule has 0 heterocycles. The van der Waals surface area contributed by atoms with Crippen LogP contribution in [0.25, 0.3) is 0 Å². The lowest BCUT2D eigenvalue weighted by atomic mass is 10.3. The van der Waals surface area contributed by atoms with Crippen LogP contribution in [0, 0.1) is 0 Å². The monoisotopic (exact) mass is 223 g/mol. The minimum atomic E-state index is -0.321. The number of benzene rings is 1. The normalized spacial score (nSPS) is 10.2. The van der Waals surface area contributed by atoms with E-state index >= 15 is 0 Å². The van der Waals surface area contributed by atoms with Crippen molar-refractivity contribution in [2.24, 2.45) is 0 Å². The topological polar surface area (TPSA) is 44.8 Å². The van der Waals surface area contributed by atoms with Gasteiger partial charge in [0.25, 0.3) is 0 Å². The molecule has 0 unspecified atom stereocenters. The van der Waals surface area contributed by atoms with E-state index in [9.17, 15) is 4.79 Å². The van der Waals surface area contributed by atoms with Crippen molar-refractivity contribution in [1.29, 1.82) is 0 Å². The van der Waals surface area contributed by atoms with E-state index in [4.69, 9.17) is 4.84 Å². The summed E-state index contributed by atoms with van der Waals surface area (Å²) in [6.45, 7) is 2.26. The van der Waals surface area contributed by atoms with Crippen LogP contribution in [0.15, 0.2) is 30.3 Å². The molecule has 88 valence electrons. The first-order chi connectivity index (χ1) is 7.65. The van der Waals surface area contributed by atoms with Crippen molar-refractivity contribution in [2.75, 3.05) is 25.8 Å². The number of para-hydroxylation sites is 1. The molecule has 0 saturated heterocycles. The molecular formula is C11H17N3O2. The lowest BCUT2D eigenvalue weighted by Gasteiger charge is -2.23. The summed E-state index contributed by atoms with van der Waals surface area (Å²) < 4.78 is 0. The van der Waals surface area contributed by atoms with Gasteiger partial charge in [-0.25, -0.2) is 9.80 Å².